The molecule has 0 spiro atoms. The van der Waals surface area contributed by atoms with E-state index in [1.807, 2.05) is 35.0 Å². The third-order valence-corrected chi connectivity index (χ3v) is 3.58. The first-order valence-electron chi connectivity index (χ1n) is 6.61. The minimum atomic E-state index is -0.559. The fourth-order valence-electron chi connectivity index (χ4n) is 2.61. The van der Waals surface area contributed by atoms with E-state index in [9.17, 15) is 5.11 Å². The Morgan fingerprint density at radius 2 is 2.16 bits per heavy atom. The molecule has 0 bridgehead atoms. The van der Waals surface area contributed by atoms with E-state index in [2.05, 4.69) is 18.8 Å². The molecule has 100 valence electrons. The highest BCUT2D eigenvalue weighted by atomic mass is 16.5. The quantitative estimate of drug-likeness (QED) is 0.901. The highest BCUT2D eigenvalue weighted by Gasteiger charge is 2.31. The van der Waals surface area contributed by atoms with Crippen LogP contribution >= 0.6 is 0 Å². The molecular formula is C15H18N2O2. The smallest absolute Gasteiger partial charge is 0.125 e. The summed E-state index contributed by atoms with van der Waals surface area (Å²) in [4.78, 5) is 4.38. The van der Waals surface area contributed by atoms with E-state index in [0.717, 1.165) is 17.1 Å². The van der Waals surface area contributed by atoms with Gasteiger partial charge in [-0.05, 0) is 6.07 Å². The molecule has 0 fully saturated rings. The molecule has 1 aliphatic rings. The van der Waals surface area contributed by atoms with Crippen molar-refractivity contribution in [1.82, 2.24) is 9.55 Å². The van der Waals surface area contributed by atoms with Gasteiger partial charge in [0.25, 0.3) is 0 Å². The van der Waals surface area contributed by atoms with E-state index in [1.165, 1.54) is 0 Å². The summed E-state index contributed by atoms with van der Waals surface area (Å²) < 4.78 is 7.79. The molecule has 1 aromatic carbocycles. The lowest BCUT2D eigenvalue weighted by molar-refractivity contribution is 0.0551. The first-order chi connectivity index (χ1) is 9.18. The maximum atomic E-state index is 10.6. The third kappa shape index (κ3) is 2.02. The SMILES string of the molecule is CC(C)c1nccn1C1COc2ccccc2C1O. The number of aliphatic hydroxyl groups excluding tert-OH is 1. The summed E-state index contributed by atoms with van der Waals surface area (Å²) in [5, 5.41) is 10.6. The van der Waals surface area contributed by atoms with Gasteiger partial charge >= 0.3 is 0 Å². The van der Waals surface area contributed by atoms with Crippen molar-refractivity contribution >= 4 is 0 Å². The standard InChI is InChI=1S/C15H18N2O2/c1-10(2)15-16-7-8-17(15)12-9-19-13-6-4-3-5-11(13)14(12)18/h3-8,10,12,14,18H,9H2,1-2H3. The number of hydrogen-bond acceptors (Lipinski definition) is 3. The van der Waals surface area contributed by atoms with Crippen molar-refractivity contribution in [3.8, 4) is 5.75 Å². The van der Waals surface area contributed by atoms with Gasteiger partial charge in [-0.25, -0.2) is 4.98 Å². The number of rotatable bonds is 2. The third-order valence-electron chi connectivity index (χ3n) is 3.58. The lowest BCUT2D eigenvalue weighted by Gasteiger charge is -2.32. The Hall–Kier alpha value is -1.81. The van der Waals surface area contributed by atoms with Crippen LogP contribution in [0.15, 0.2) is 36.7 Å². The molecule has 4 heteroatoms. The van der Waals surface area contributed by atoms with Gasteiger partial charge in [0.15, 0.2) is 0 Å². The lowest BCUT2D eigenvalue weighted by atomic mass is 9.98. The Morgan fingerprint density at radius 3 is 2.95 bits per heavy atom. The minimum Gasteiger partial charge on any atom is -0.491 e. The number of hydrogen-bond donors (Lipinski definition) is 1. The monoisotopic (exact) mass is 258 g/mol. The van der Waals surface area contributed by atoms with Gasteiger partial charge < -0.3 is 14.4 Å². The largest absolute Gasteiger partial charge is 0.491 e. The van der Waals surface area contributed by atoms with Crippen LogP contribution < -0.4 is 4.74 Å². The topological polar surface area (TPSA) is 47.3 Å². The normalized spacial score (nSPS) is 22.1. The van der Waals surface area contributed by atoms with Gasteiger partial charge in [-0.3, -0.25) is 0 Å². The molecule has 2 aromatic rings. The highest BCUT2D eigenvalue weighted by Crippen LogP contribution is 2.38. The fraction of sp³-hybridized carbons (Fsp3) is 0.400. The summed E-state index contributed by atoms with van der Waals surface area (Å²) in [5.74, 6) is 2.07. The van der Waals surface area contributed by atoms with Gasteiger partial charge in [0.05, 0.1) is 6.04 Å². The molecule has 1 aromatic heterocycles. The molecule has 0 radical (unpaired) electrons. The summed E-state index contributed by atoms with van der Waals surface area (Å²) in [6.07, 6.45) is 3.14. The number of para-hydroxylation sites is 1. The Labute approximate surface area is 112 Å². The molecule has 1 aliphatic heterocycles. The predicted octanol–water partition coefficient (Wildman–Crippen LogP) is 2.67. The Balaban J connectivity index is 1.98. The van der Waals surface area contributed by atoms with Crippen molar-refractivity contribution in [2.75, 3.05) is 6.61 Å². The van der Waals surface area contributed by atoms with Crippen molar-refractivity contribution in [2.24, 2.45) is 0 Å². The van der Waals surface area contributed by atoms with E-state index < -0.39 is 6.10 Å². The van der Waals surface area contributed by atoms with Crippen LogP contribution in [-0.4, -0.2) is 21.3 Å². The van der Waals surface area contributed by atoms with Crippen LogP contribution in [0.3, 0.4) is 0 Å². The maximum Gasteiger partial charge on any atom is 0.125 e. The minimum absolute atomic E-state index is 0.116. The zero-order valence-electron chi connectivity index (χ0n) is 11.2. The number of aliphatic hydroxyl groups is 1. The average Bonchev–Trinajstić information content (AvgIpc) is 2.89. The Morgan fingerprint density at radius 1 is 1.37 bits per heavy atom. The number of imidazole rings is 1. The Bertz CT molecular complexity index is 577. The summed E-state index contributed by atoms with van der Waals surface area (Å²) in [7, 11) is 0. The maximum absolute atomic E-state index is 10.6. The lowest BCUT2D eigenvalue weighted by Crippen LogP contribution is -2.29. The fourth-order valence-corrected chi connectivity index (χ4v) is 2.61. The molecule has 19 heavy (non-hydrogen) atoms. The van der Waals surface area contributed by atoms with Crippen LogP contribution in [0.2, 0.25) is 0 Å². The van der Waals surface area contributed by atoms with Gasteiger partial charge in [0, 0.05) is 23.9 Å². The van der Waals surface area contributed by atoms with Crippen LogP contribution in [-0.2, 0) is 0 Å². The van der Waals surface area contributed by atoms with E-state index in [-0.39, 0.29) is 6.04 Å². The molecule has 0 amide bonds. The molecule has 3 rings (SSSR count). The summed E-state index contributed by atoms with van der Waals surface area (Å²) >= 11 is 0. The van der Waals surface area contributed by atoms with E-state index in [4.69, 9.17) is 4.74 Å². The second-order valence-corrected chi connectivity index (χ2v) is 5.21. The van der Waals surface area contributed by atoms with Gasteiger partial charge in [0.1, 0.15) is 24.3 Å². The van der Waals surface area contributed by atoms with Gasteiger partial charge in [-0.2, -0.15) is 0 Å². The van der Waals surface area contributed by atoms with Crippen molar-refractivity contribution in [1.29, 1.82) is 0 Å². The number of nitrogens with zero attached hydrogens (tertiary/aromatic N) is 2. The summed E-state index contributed by atoms with van der Waals surface area (Å²) in [6.45, 7) is 4.67. The van der Waals surface area contributed by atoms with Crippen molar-refractivity contribution in [2.45, 2.75) is 31.9 Å². The van der Waals surface area contributed by atoms with Gasteiger partial charge in [-0.1, -0.05) is 32.0 Å². The Kier molecular flexibility index (Phi) is 3.03. The van der Waals surface area contributed by atoms with E-state index in [0.29, 0.717) is 12.5 Å². The second kappa shape index (κ2) is 4.70. The predicted molar refractivity (Wildman–Crippen MR) is 72.2 cm³/mol. The van der Waals surface area contributed by atoms with E-state index >= 15 is 0 Å². The van der Waals surface area contributed by atoms with Crippen molar-refractivity contribution in [3.05, 3.63) is 48.0 Å². The summed E-state index contributed by atoms with van der Waals surface area (Å²) in [6, 6.07) is 7.53. The van der Waals surface area contributed by atoms with Crippen LogP contribution in [0.4, 0.5) is 0 Å². The zero-order chi connectivity index (χ0) is 13.4. The van der Waals surface area contributed by atoms with Crippen LogP contribution in [0.1, 0.15) is 43.3 Å². The van der Waals surface area contributed by atoms with Gasteiger partial charge in [0.2, 0.25) is 0 Å². The van der Waals surface area contributed by atoms with Crippen LogP contribution in [0, 0.1) is 0 Å². The van der Waals surface area contributed by atoms with Crippen molar-refractivity contribution in [3.63, 3.8) is 0 Å². The van der Waals surface area contributed by atoms with Crippen molar-refractivity contribution < 1.29 is 9.84 Å². The average molecular weight is 258 g/mol. The molecule has 1 N–H and O–H groups in total. The first-order valence-corrected chi connectivity index (χ1v) is 6.61. The molecule has 0 aliphatic carbocycles. The summed E-state index contributed by atoms with van der Waals surface area (Å²) in [5.41, 5.74) is 0.849. The van der Waals surface area contributed by atoms with Gasteiger partial charge in [-0.15, -0.1) is 0 Å². The number of ether oxygens (including phenoxy) is 1. The molecule has 2 unspecified atom stereocenters. The highest BCUT2D eigenvalue weighted by molar-refractivity contribution is 5.37. The van der Waals surface area contributed by atoms with Crippen LogP contribution in [0.5, 0.6) is 5.75 Å². The molecule has 0 saturated heterocycles. The second-order valence-electron chi connectivity index (χ2n) is 5.21. The first kappa shape index (κ1) is 12.2. The number of aromatic nitrogens is 2. The molecule has 4 nitrogen and oxygen atoms in total. The number of fused-ring (bicyclic) bond motifs is 1. The van der Waals surface area contributed by atoms with Crippen LogP contribution in [0.25, 0.3) is 0 Å². The molecule has 2 heterocycles. The molecule has 0 saturated carbocycles. The number of benzene rings is 1. The molecule has 2 atom stereocenters. The molecular weight excluding hydrogens is 240 g/mol. The zero-order valence-corrected chi connectivity index (χ0v) is 11.2. The van der Waals surface area contributed by atoms with E-state index in [1.54, 1.807) is 6.20 Å².